The zero-order valence-electron chi connectivity index (χ0n) is 15.7. The Bertz CT molecular complexity index is 1110. The summed E-state index contributed by atoms with van der Waals surface area (Å²) in [6.45, 7) is 0. The minimum Gasteiger partial charge on any atom is -0.305 e. The van der Waals surface area contributed by atoms with Crippen molar-refractivity contribution in [3.05, 3.63) is 102 Å². The zero-order chi connectivity index (χ0) is 20.2. The molecule has 29 heavy (non-hydrogen) atoms. The van der Waals surface area contributed by atoms with Crippen LogP contribution < -0.4 is 0 Å². The molecule has 4 nitrogen and oxygen atoms in total. The Kier molecular flexibility index (Phi) is 5.53. The number of hydrogen-bond acceptors (Lipinski definition) is 4. The van der Waals surface area contributed by atoms with Gasteiger partial charge in [0.05, 0.1) is 0 Å². The number of carbonyl (C=O) groups is 1. The molecule has 0 amide bonds. The fourth-order valence-corrected chi connectivity index (χ4v) is 4.11. The highest BCUT2D eigenvalue weighted by Crippen LogP contribution is 2.37. The Morgan fingerprint density at radius 3 is 2.17 bits per heavy atom. The SMILES string of the molecule is Cn1c(S[C@@H](C(=O)c2ccccc2)c2ccccc2)nnc1-c1ccc(F)cc1. The van der Waals surface area contributed by atoms with Gasteiger partial charge in [0.1, 0.15) is 11.1 Å². The van der Waals surface area contributed by atoms with Gasteiger partial charge in [0.2, 0.25) is 0 Å². The number of ketones is 1. The van der Waals surface area contributed by atoms with Crippen LogP contribution in [0.4, 0.5) is 4.39 Å². The average molecular weight is 403 g/mol. The van der Waals surface area contributed by atoms with E-state index in [2.05, 4.69) is 10.2 Å². The molecule has 3 aromatic carbocycles. The first-order chi connectivity index (χ1) is 14.1. The number of halogens is 1. The maximum atomic E-state index is 13.3. The zero-order valence-corrected chi connectivity index (χ0v) is 16.5. The molecular weight excluding hydrogens is 385 g/mol. The fourth-order valence-electron chi connectivity index (χ4n) is 3.03. The lowest BCUT2D eigenvalue weighted by Crippen LogP contribution is -2.11. The van der Waals surface area contributed by atoms with Gasteiger partial charge in [0, 0.05) is 18.2 Å². The summed E-state index contributed by atoms with van der Waals surface area (Å²) in [5, 5.41) is 8.70. The molecule has 4 rings (SSSR count). The van der Waals surface area contributed by atoms with E-state index in [-0.39, 0.29) is 11.6 Å². The van der Waals surface area contributed by atoms with Crippen LogP contribution in [0.3, 0.4) is 0 Å². The van der Waals surface area contributed by atoms with Crippen molar-refractivity contribution in [1.29, 1.82) is 0 Å². The molecule has 0 saturated carbocycles. The van der Waals surface area contributed by atoms with Gasteiger partial charge in [0.25, 0.3) is 0 Å². The lowest BCUT2D eigenvalue weighted by molar-refractivity contribution is 0.0989. The maximum Gasteiger partial charge on any atom is 0.192 e. The van der Waals surface area contributed by atoms with Crippen LogP contribution in [-0.2, 0) is 7.05 Å². The van der Waals surface area contributed by atoms with Crippen LogP contribution in [0, 0.1) is 5.82 Å². The summed E-state index contributed by atoms with van der Waals surface area (Å²) in [4.78, 5) is 13.3. The molecule has 6 heteroatoms. The Hall–Kier alpha value is -3.25. The minimum atomic E-state index is -0.456. The number of aromatic nitrogens is 3. The van der Waals surface area contributed by atoms with E-state index in [1.54, 1.807) is 12.1 Å². The number of rotatable bonds is 6. The third-order valence-corrected chi connectivity index (χ3v) is 5.85. The van der Waals surface area contributed by atoms with Gasteiger partial charge in [0.15, 0.2) is 16.8 Å². The predicted molar refractivity (Wildman–Crippen MR) is 112 cm³/mol. The monoisotopic (exact) mass is 403 g/mol. The normalized spacial score (nSPS) is 11.9. The number of Topliss-reactive ketones (excluding diaryl/α,β-unsaturated/α-hetero) is 1. The predicted octanol–water partition coefficient (Wildman–Crippen LogP) is 5.34. The molecule has 1 atom stereocenters. The molecule has 4 aromatic rings. The highest BCUT2D eigenvalue weighted by atomic mass is 32.2. The second-order valence-corrected chi connectivity index (χ2v) is 7.58. The minimum absolute atomic E-state index is 0.00753. The summed E-state index contributed by atoms with van der Waals surface area (Å²) in [6.07, 6.45) is 0. The third kappa shape index (κ3) is 4.12. The van der Waals surface area contributed by atoms with Crippen LogP contribution in [0.2, 0.25) is 0 Å². The number of hydrogen-bond donors (Lipinski definition) is 0. The van der Waals surface area contributed by atoms with E-state index in [4.69, 9.17) is 0 Å². The molecule has 0 unspecified atom stereocenters. The van der Waals surface area contributed by atoms with E-state index < -0.39 is 5.25 Å². The average Bonchev–Trinajstić information content (AvgIpc) is 3.13. The standard InChI is InChI=1S/C23H18FN3OS/c1-27-22(18-12-14-19(24)15-13-18)25-26-23(27)29-21(17-10-6-3-7-11-17)20(28)16-8-4-2-5-9-16/h2-15,21H,1H3/t21-/m1/s1. The van der Waals surface area contributed by atoms with Crippen molar-refractivity contribution in [3.63, 3.8) is 0 Å². The van der Waals surface area contributed by atoms with E-state index in [0.717, 1.165) is 11.1 Å². The Labute approximate surface area is 172 Å². The molecule has 0 fully saturated rings. The van der Waals surface area contributed by atoms with Crippen molar-refractivity contribution in [3.8, 4) is 11.4 Å². The molecule has 1 aromatic heterocycles. The van der Waals surface area contributed by atoms with Crippen molar-refractivity contribution >= 4 is 17.5 Å². The van der Waals surface area contributed by atoms with Crippen molar-refractivity contribution < 1.29 is 9.18 Å². The fraction of sp³-hybridized carbons (Fsp3) is 0.0870. The van der Waals surface area contributed by atoms with Crippen molar-refractivity contribution in [2.45, 2.75) is 10.4 Å². The summed E-state index contributed by atoms with van der Waals surface area (Å²) in [5.41, 5.74) is 2.31. The molecular formula is C23H18FN3OS. The number of thioether (sulfide) groups is 1. The van der Waals surface area contributed by atoms with Crippen molar-refractivity contribution in [2.24, 2.45) is 7.05 Å². The highest BCUT2D eigenvalue weighted by molar-refractivity contribution is 8.00. The van der Waals surface area contributed by atoms with Crippen molar-refractivity contribution in [2.75, 3.05) is 0 Å². The molecule has 144 valence electrons. The van der Waals surface area contributed by atoms with Gasteiger partial charge in [-0.25, -0.2) is 4.39 Å². The van der Waals surface area contributed by atoms with E-state index in [9.17, 15) is 9.18 Å². The summed E-state index contributed by atoms with van der Waals surface area (Å²) in [7, 11) is 1.84. The topological polar surface area (TPSA) is 47.8 Å². The summed E-state index contributed by atoms with van der Waals surface area (Å²) in [6, 6.07) is 25.0. The highest BCUT2D eigenvalue weighted by Gasteiger charge is 2.26. The molecule has 0 spiro atoms. The van der Waals surface area contributed by atoms with Crippen LogP contribution in [0.25, 0.3) is 11.4 Å². The van der Waals surface area contributed by atoms with Crippen LogP contribution in [0.15, 0.2) is 90.1 Å². The van der Waals surface area contributed by atoms with E-state index >= 15 is 0 Å². The van der Waals surface area contributed by atoms with E-state index in [1.807, 2.05) is 72.3 Å². The maximum absolute atomic E-state index is 13.3. The lowest BCUT2D eigenvalue weighted by atomic mass is 10.0. The van der Waals surface area contributed by atoms with Crippen LogP contribution in [0.1, 0.15) is 21.2 Å². The molecule has 0 bridgehead atoms. The lowest BCUT2D eigenvalue weighted by Gasteiger charge is -2.15. The molecule has 0 radical (unpaired) electrons. The second-order valence-electron chi connectivity index (χ2n) is 6.51. The largest absolute Gasteiger partial charge is 0.305 e. The second kappa shape index (κ2) is 8.41. The Morgan fingerprint density at radius 1 is 0.897 bits per heavy atom. The van der Waals surface area contributed by atoms with Crippen LogP contribution >= 0.6 is 11.8 Å². The molecule has 1 heterocycles. The smallest absolute Gasteiger partial charge is 0.192 e. The van der Waals surface area contributed by atoms with E-state index in [0.29, 0.717) is 16.5 Å². The van der Waals surface area contributed by atoms with Gasteiger partial charge in [-0.05, 0) is 29.8 Å². The Balaban J connectivity index is 1.68. The van der Waals surface area contributed by atoms with Gasteiger partial charge in [-0.2, -0.15) is 0 Å². The molecule has 0 aliphatic carbocycles. The number of benzene rings is 3. The molecule has 0 N–H and O–H groups in total. The number of nitrogens with zero attached hydrogens (tertiary/aromatic N) is 3. The quantitative estimate of drug-likeness (QED) is 0.322. The first-order valence-electron chi connectivity index (χ1n) is 9.09. The third-order valence-electron chi connectivity index (χ3n) is 4.56. The summed E-state index contributed by atoms with van der Waals surface area (Å²) in [5.74, 6) is 0.322. The Morgan fingerprint density at radius 2 is 1.52 bits per heavy atom. The van der Waals surface area contributed by atoms with Crippen LogP contribution in [-0.4, -0.2) is 20.5 Å². The molecule has 0 saturated heterocycles. The molecule has 0 aliphatic heterocycles. The summed E-state index contributed by atoms with van der Waals surface area (Å²) >= 11 is 1.36. The van der Waals surface area contributed by atoms with E-state index in [1.165, 1.54) is 23.9 Å². The van der Waals surface area contributed by atoms with Crippen molar-refractivity contribution in [1.82, 2.24) is 14.8 Å². The van der Waals surface area contributed by atoms with Gasteiger partial charge in [-0.1, -0.05) is 72.4 Å². The summed E-state index contributed by atoms with van der Waals surface area (Å²) < 4.78 is 15.1. The van der Waals surface area contributed by atoms with Gasteiger partial charge < -0.3 is 4.57 Å². The van der Waals surface area contributed by atoms with Gasteiger partial charge >= 0.3 is 0 Å². The first-order valence-corrected chi connectivity index (χ1v) is 9.97. The van der Waals surface area contributed by atoms with Gasteiger partial charge in [-0.15, -0.1) is 10.2 Å². The molecule has 0 aliphatic rings. The number of carbonyl (C=O) groups excluding carboxylic acids is 1. The van der Waals surface area contributed by atoms with Crippen LogP contribution in [0.5, 0.6) is 0 Å². The van der Waals surface area contributed by atoms with Gasteiger partial charge in [-0.3, -0.25) is 4.79 Å². The first kappa shape index (κ1) is 19.1.